The fourth-order valence-electron chi connectivity index (χ4n) is 2.24. The van der Waals surface area contributed by atoms with Crippen LogP contribution in [0.4, 0.5) is 0 Å². The molecule has 1 aromatic carbocycles. The highest BCUT2D eigenvalue weighted by Gasteiger charge is 2.16. The lowest BCUT2D eigenvalue weighted by Crippen LogP contribution is -1.92. The molecule has 1 aliphatic rings. The van der Waals surface area contributed by atoms with Crippen molar-refractivity contribution in [2.45, 2.75) is 0 Å². The number of hydrogen-bond acceptors (Lipinski definition) is 6. The SMILES string of the molecule is N#C/C(=C\c1ccco1)c1nc(-c2ccc3c(c2)OCO3)cs1. The van der Waals surface area contributed by atoms with Gasteiger partial charge in [-0.3, -0.25) is 0 Å². The highest BCUT2D eigenvalue weighted by Crippen LogP contribution is 2.36. The zero-order chi connectivity index (χ0) is 15.6. The van der Waals surface area contributed by atoms with Crippen LogP contribution in [0.15, 0.2) is 46.4 Å². The van der Waals surface area contributed by atoms with E-state index < -0.39 is 0 Å². The van der Waals surface area contributed by atoms with E-state index in [1.54, 1.807) is 24.5 Å². The summed E-state index contributed by atoms with van der Waals surface area (Å²) in [6, 6.07) is 11.4. The summed E-state index contributed by atoms with van der Waals surface area (Å²) in [5.74, 6) is 2.07. The Bertz CT molecular complexity index is 920. The van der Waals surface area contributed by atoms with Crippen LogP contribution in [0.1, 0.15) is 10.8 Å². The maximum Gasteiger partial charge on any atom is 0.231 e. The van der Waals surface area contributed by atoms with Gasteiger partial charge in [-0.2, -0.15) is 5.26 Å². The van der Waals surface area contributed by atoms with Gasteiger partial charge in [-0.1, -0.05) is 0 Å². The fraction of sp³-hybridized carbons (Fsp3) is 0.0588. The lowest BCUT2D eigenvalue weighted by atomic mass is 10.1. The number of rotatable bonds is 3. The van der Waals surface area contributed by atoms with Gasteiger partial charge in [0.15, 0.2) is 11.5 Å². The number of aromatic nitrogens is 1. The van der Waals surface area contributed by atoms with Crippen molar-refractivity contribution in [3.8, 4) is 28.8 Å². The molecule has 4 rings (SSSR count). The van der Waals surface area contributed by atoms with Crippen molar-refractivity contribution in [2.75, 3.05) is 6.79 Å². The Hall–Kier alpha value is -3.04. The largest absolute Gasteiger partial charge is 0.465 e. The van der Waals surface area contributed by atoms with Crippen LogP contribution in [0.3, 0.4) is 0 Å². The normalized spacial score (nSPS) is 13.1. The van der Waals surface area contributed by atoms with Crippen LogP contribution < -0.4 is 9.47 Å². The van der Waals surface area contributed by atoms with Gasteiger partial charge < -0.3 is 13.9 Å². The van der Waals surface area contributed by atoms with E-state index in [-0.39, 0.29) is 6.79 Å². The number of benzene rings is 1. The maximum atomic E-state index is 9.36. The molecular formula is C17H10N2O3S. The quantitative estimate of drug-likeness (QED) is 0.676. The van der Waals surface area contributed by atoms with Gasteiger partial charge in [0.1, 0.15) is 16.8 Å². The van der Waals surface area contributed by atoms with Gasteiger partial charge in [0.25, 0.3) is 0 Å². The minimum absolute atomic E-state index is 0.242. The molecule has 6 heteroatoms. The maximum absolute atomic E-state index is 9.36. The molecule has 0 saturated carbocycles. The second-order valence-electron chi connectivity index (χ2n) is 4.79. The molecule has 0 radical (unpaired) electrons. The molecule has 0 amide bonds. The summed E-state index contributed by atoms with van der Waals surface area (Å²) in [5.41, 5.74) is 2.19. The van der Waals surface area contributed by atoms with Crippen molar-refractivity contribution in [3.63, 3.8) is 0 Å². The number of nitriles is 1. The first kappa shape index (κ1) is 13.6. The molecule has 1 aliphatic heterocycles. The molecule has 112 valence electrons. The minimum Gasteiger partial charge on any atom is -0.465 e. The highest BCUT2D eigenvalue weighted by atomic mass is 32.1. The second-order valence-corrected chi connectivity index (χ2v) is 5.65. The Morgan fingerprint density at radius 3 is 3.00 bits per heavy atom. The Kier molecular flexibility index (Phi) is 3.33. The summed E-state index contributed by atoms with van der Waals surface area (Å²) < 4.78 is 15.9. The lowest BCUT2D eigenvalue weighted by molar-refractivity contribution is 0.174. The molecular weight excluding hydrogens is 312 g/mol. The Morgan fingerprint density at radius 2 is 2.17 bits per heavy atom. The zero-order valence-corrected chi connectivity index (χ0v) is 12.7. The summed E-state index contributed by atoms with van der Waals surface area (Å²) in [6.07, 6.45) is 3.25. The van der Waals surface area contributed by atoms with Crippen LogP contribution in [-0.2, 0) is 0 Å². The molecule has 0 unspecified atom stereocenters. The number of furan rings is 1. The minimum atomic E-state index is 0.242. The smallest absolute Gasteiger partial charge is 0.231 e. The summed E-state index contributed by atoms with van der Waals surface area (Å²) >= 11 is 1.42. The Morgan fingerprint density at radius 1 is 1.26 bits per heavy atom. The van der Waals surface area contributed by atoms with E-state index in [1.807, 2.05) is 23.6 Å². The fourth-order valence-corrected chi connectivity index (χ4v) is 3.04. The van der Waals surface area contributed by atoms with E-state index in [1.165, 1.54) is 11.3 Å². The molecule has 3 aromatic rings. The predicted octanol–water partition coefficient (Wildman–Crippen LogP) is 4.20. The van der Waals surface area contributed by atoms with Gasteiger partial charge in [-0.15, -0.1) is 11.3 Å². The summed E-state index contributed by atoms with van der Waals surface area (Å²) in [5, 5.41) is 11.9. The summed E-state index contributed by atoms with van der Waals surface area (Å²) in [6.45, 7) is 0.242. The van der Waals surface area contributed by atoms with E-state index in [9.17, 15) is 5.26 Å². The van der Waals surface area contributed by atoms with E-state index >= 15 is 0 Å². The van der Waals surface area contributed by atoms with Gasteiger partial charge in [0, 0.05) is 17.0 Å². The number of ether oxygens (including phenoxy) is 2. The number of thiazole rings is 1. The number of nitrogens with zero attached hydrogens (tertiary/aromatic N) is 2. The van der Waals surface area contributed by atoms with Crippen LogP contribution >= 0.6 is 11.3 Å². The molecule has 0 fully saturated rings. The Labute approximate surface area is 136 Å². The van der Waals surface area contributed by atoms with Gasteiger partial charge in [0.2, 0.25) is 6.79 Å². The first-order valence-corrected chi connectivity index (χ1v) is 7.73. The molecule has 3 heterocycles. The van der Waals surface area contributed by atoms with E-state index in [0.717, 1.165) is 17.0 Å². The molecule has 0 bridgehead atoms. The molecule has 0 N–H and O–H groups in total. The first-order valence-electron chi connectivity index (χ1n) is 6.85. The molecule has 23 heavy (non-hydrogen) atoms. The first-order chi connectivity index (χ1) is 11.3. The molecule has 0 atom stereocenters. The van der Waals surface area contributed by atoms with Crippen LogP contribution in [0.5, 0.6) is 11.5 Å². The zero-order valence-electron chi connectivity index (χ0n) is 11.9. The molecule has 0 spiro atoms. The molecule has 5 nitrogen and oxygen atoms in total. The monoisotopic (exact) mass is 322 g/mol. The number of allylic oxidation sites excluding steroid dienone is 1. The van der Waals surface area contributed by atoms with Crippen molar-refractivity contribution >= 4 is 23.0 Å². The van der Waals surface area contributed by atoms with Gasteiger partial charge >= 0.3 is 0 Å². The van der Waals surface area contributed by atoms with Gasteiger partial charge in [-0.25, -0.2) is 4.98 Å². The second kappa shape index (κ2) is 5.63. The van der Waals surface area contributed by atoms with Crippen LogP contribution in [0.2, 0.25) is 0 Å². The highest BCUT2D eigenvalue weighted by molar-refractivity contribution is 7.11. The third kappa shape index (κ3) is 2.58. The number of fused-ring (bicyclic) bond motifs is 1. The van der Waals surface area contributed by atoms with E-state index in [2.05, 4.69) is 11.1 Å². The van der Waals surface area contributed by atoms with Crippen molar-refractivity contribution in [1.82, 2.24) is 4.98 Å². The molecule has 0 saturated heterocycles. The standard InChI is InChI=1S/C17H10N2O3S/c18-8-12(6-13-2-1-5-20-13)17-19-14(9-23-17)11-3-4-15-16(7-11)22-10-21-15/h1-7,9H,10H2/b12-6+. The van der Waals surface area contributed by atoms with Crippen molar-refractivity contribution in [2.24, 2.45) is 0 Å². The van der Waals surface area contributed by atoms with Crippen LogP contribution in [-0.4, -0.2) is 11.8 Å². The summed E-state index contributed by atoms with van der Waals surface area (Å²) in [4.78, 5) is 4.55. The Balaban J connectivity index is 1.68. The predicted molar refractivity (Wildman–Crippen MR) is 85.9 cm³/mol. The van der Waals surface area contributed by atoms with Crippen LogP contribution in [0.25, 0.3) is 22.9 Å². The lowest BCUT2D eigenvalue weighted by Gasteiger charge is -1.99. The third-order valence-corrected chi connectivity index (χ3v) is 4.23. The average Bonchev–Trinajstić information content (AvgIpc) is 3.31. The summed E-state index contributed by atoms with van der Waals surface area (Å²) in [7, 11) is 0. The number of hydrogen-bond donors (Lipinski definition) is 0. The van der Waals surface area contributed by atoms with Gasteiger partial charge in [0.05, 0.1) is 17.5 Å². The molecule has 0 aliphatic carbocycles. The topological polar surface area (TPSA) is 68.3 Å². The van der Waals surface area contributed by atoms with Crippen LogP contribution in [0, 0.1) is 11.3 Å². The van der Waals surface area contributed by atoms with Crippen molar-refractivity contribution in [1.29, 1.82) is 5.26 Å². The third-order valence-electron chi connectivity index (χ3n) is 3.35. The van der Waals surface area contributed by atoms with E-state index in [4.69, 9.17) is 13.9 Å². The molecule has 2 aromatic heterocycles. The van der Waals surface area contributed by atoms with Crippen molar-refractivity contribution < 1.29 is 13.9 Å². The average molecular weight is 322 g/mol. The van der Waals surface area contributed by atoms with E-state index in [0.29, 0.717) is 22.1 Å². The van der Waals surface area contributed by atoms with Gasteiger partial charge in [-0.05, 0) is 30.3 Å². The van der Waals surface area contributed by atoms with Crippen molar-refractivity contribution in [3.05, 3.63) is 52.7 Å².